The van der Waals surface area contributed by atoms with Crippen LogP contribution in [0.4, 0.5) is 0 Å². The van der Waals surface area contributed by atoms with Crippen LogP contribution in [-0.4, -0.2) is 11.9 Å². The van der Waals surface area contributed by atoms with E-state index in [0.29, 0.717) is 0 Å². The second kappa shape index (κ2) is 7.30. The first-order valence-electron chi connectivity index (χ1n) is 11.7. The predicted octanol–water partition coefficient (Wildman–Crippen LogP) is 5.43. The van der Waals surface area contributed by atoms with Crippen LogP contribution in [0.3, 0.4) is 0 Å². The smallest absolute Gasteiger partial charge is 0.318 e. The molecule has 0 unspecified atom stereocenters. The van der Waals surface area contributed by atoms with Crippen molar-refractivity contribution in [2.75, 3.05) is 0 Å². The van der Waals surface area contributed by atoms with E-state index in [4.69, 9.17) is 4.74 Å². The third-order valence-corrected chi connectivity index (χ3v) is 8.26. The summed E-state index contributed by atoms with van der Waals surface area (Å²) in [6.07, 6.45) is 0. The van der Waals surface area contributed by atoms with Gasteiger partial charge < -0.3 is 4.74 Å². The van der Waals surface area contributed by atoms with Crippen LogP contribution in [0.15, 0.2) is 102 Å². The van der Waals surface area contributed by atoms with Crippen LogP contribution in [0.5, 0.6) is 0 Å². The molecule has 0 aromatic heterocycles. The zero-order chi connectivity index (χ0) is 23.5. The minimum Gasteiger partial charge on any atom is -0.393 e. The first-order chi connectivity index (χ1) is 16.5. The first kappa shape index (κ1) is 20.7. The fourth-order valence-electron chi connectivity index (χ4n) is 7.15. The molecule has 2 bridgehead atoms. The summed E-state index contributed by atoms with van der Waals surface area (Å²) in [6, 6.07) is 30.3. The molecular formula is C31H24O3. The van der Waals surface area contributed by atoms with E-state index in [1.54, 1.807) is 0 Å². The molecule has 1 saturated heterocycles. The Hall–Kier alpha value is -3.90. The van der Waals surface area contributed by atoms with Gasteiger partial charge in [-0.2, -0.15) is 0 Å². The molecule has 34 heavy (non-hydrogen) atoms. The summed E-state index contributed by atoms with van der Waals surface area (Å²) in [5.74, 6) is 4.69. The number of cyclic esters (lactones) is 2. The third-order valence-electron chi connectivity index (χ3n) is 8.26. The normalized spacial score (nSPS) is 31.2. The summed E-state index contributed by atoms with van der Waals surface area (Å²) in [7, 11) is 0. The Labute approximate surface area is 199 Å². The number of hydrogen-bond donors (Lipinski definition) is 0. The number of ether oxygens (including phenoxy) is 1. The lowest BCUT2D eigenvalue weighted by Crippen LogP contribution is -2.40. The van der Waals surface area contributed by atoms with Crippen molar-refractivity contribution in [3.8, 4) is 11.8 Å². The van der Waals surface area contributed by atoms with E-state index in [1.165, 1.54) is 0 Å². The van der Waals surface area contributed by atoms with Crippen LogP contribution in [-0.2, 0) is 19.7 Å². The number of hydrogen-bond acceptors (Lipinski definition) is 3. The average Bonchev–Trinajstić information content (AvgIpc) is 3.38. The maximum absolute atomic E-state index is 13.3. The Morgan fingerprint density at radius 1 is 0.735 bits per heavy atom. The average molecular weight is 445 g/mol. The number of carbonyl (C=O) groups excluding carboxylic acids is 2. The van der Waals surface area contributed by atoms with E-state index in [0.717, 1.165) is 27.8 Å². The largest absolute Gasteiger partial charge is 0.393 e. The number of esters is 2. The molecule has 0 N–H and O–H groups in total. The van der Waals surface area contributed by atoms with Gasteiger partial charge in [0.2, 0.25) is 0 Å². The Kier molecular flexibility index (Phi) is 4.44. The fourth-order valence-corrected chi connectivity index (χ4v) is 7.15. The predicted molar refractivity (Wildman–Crippen MR) is 130 cm³/mol. The number of allylic oxidation sites excluding steroid dienone is 2. The van der Waals surface area contributed by atoms with E-state index in [2.05, 4.69) is 50.0 Å². The molecule has 2 aliphatic carbocycles. The zero-order valence-corrected chi connectivity index (χ0v) is 19.1. The van der Waals surface area contributed by atoms with E-state index in [1.807, 2.05) is 66.7 Å². The van der Waals surface area contributed by atoms with Gasteiger partial charge >= 0.3 is 11.9 Å². The standard InChI is InChI=1S/C31H24O3/c1-20-24(19-18-21-12-6-3-7-13-21)30(2)25-26(29(33)34-28(25)32)31(20,23-16-10-5-11-17-23)27(30)22-14-8-4-9-15-22/h3-17,25-27H,1-2H3/t25-,26+,27+,30+,31+/m0/s1. The minimum absolute atomic E-state index is 0.115. The number of fused-ring (bicyclic) bond motifs is 5. The molecule has 6 rings (SSSR count). The molecule has 0 spiro atoms. The van der Waals surface area contributed by atoms with Crippen LogP contribution >= 0.6 is 0 Å². The van der Waals surface area contributed by atoms with Gasteiger partial charge in [0.05, 0.1) is 11.8 Å². The highest BCUT2D eigenvalue weighted by Crippen LogP contribution is 2.77. The van der Waals surface area contributed by atoms with Gasteiger partial charge in [0.25, 0.3) is 0 Å². The maximum atomic E-state index is 13.3. The van der Waals surface area contributed by atoms with E-state index in [-0.39, 0.29) is 5.92 Å². The van der Waals surface area contributed by atoms with Crippen molar-refractivity contribution in [2.45, 2.75) is 25.2 Å². The molecule has 2 fully saturated rings. The van der Waals surface area contributed by atoms with Crippen LogP contribution in [0.2, 0.25) is 0 Å². The Morgan fingerprint density at radius 2 is 1.29 bits per heavy atom. The van der Waals surface area contributed by atoms with Crippen molar-refractivity contribution in [3.63, 3.8) is 0 Å². The fraction of sp³-hybridized carbons (Fsp3) is 0.226. The van der Waals surface area contributed by atoms with Crippen molar-refractivity contribution in [3.05, 3.63) is 119 Å². The van der Waals surface area contributed by atoms with Crippen molar-refractivity contribution >= 4 is 11.9 Å². The molecule has 5 atom stereocenters. The van der Waals surface area contributed by atoms with Gasteiger partial charge in [-0.25, -0.2) is 0 Å². The highest BCUT2D eigenvalue weighted by molar-refractivity contribution is 6.01. The molecule has 0 amide bonds. The Balaban J connectivity index is 1.69. The summed E-state index contributed by atoms with van der Waals surface area (Å²) in [6.45, 7) is 4.20. The maximum Gasteiger partial charge on any atom is 0.318 e. The van der Waals surface area contributed by atoms with Crippen LogP contribution in [0.25, 0.3) is 0 Å². The molecule has 166 valence electrons. The topological polar surface area (TPSA) is 43.4 Å². The Morgan fingerprint density at radius 3 is 1.94 bits per heavy atom. The second-order valence-corrected chi connectivity index (χ2v) is 9.67. The quantitative estimate of drug-likeness (QED) is 0.301. The molecule has 1 heterocycles. The van der Waals surface area contributed by atoms with Gasteiger partial charge in [-0.15, -0.1) is 0 Å². The van der Waals surface area contributed by atoms with Crippen molar-refractivity contribution in [1.82, 2.24) is 0 Å². The number of benzene rings is 3. The zero-order valence-electron chi connectivity index (χ0n) is 19.1. The molecule has 1 aliphatic heterocycles. The highest BCUT2D eigenvalue weighted by atomic mass is 16.6. The van der Waals surface area contributed by atoms with E-state index in [9.17, 15) is 9.59 Å². The summed E-state index contributed by atoms with van der Waals surface area (Å²) < 4.78 is 5.31. The molecule has 3 nitrogen and oxygen atoms in total. The Bertz CT molecular complexity index is 1390. The lowest BCUT2D eigenvalue weighted by Gasteiger charge is -2.38. The van der Waals surface area contributed by atoms with Crippen molar-refractivity contribution in [1.29, 1.82) is 0 Å². The van der Waals surface area contributed by atoms with E-state index >= 15 is 0 Å². The van der Waals surface area contributed by atoms with Crippen LogP contribution in [0, 0.1) is 29.1 Å². The van der Waals surface area contributed by atoms with Gasteiger partial charge in [-0.05, 0) is 35.8 Å². The van der Waals surface area contributed by atoms with Gasteiger partial charge in [-0.1, -0.05) is 97.6 Å². The SMILES string of the molecule is CC1=C(C#Cc2ccccc2)[C@]2(C)[C@@H]3C(=O)OC(=O)[C@@H]3[C@@]1(c1ccccc1)[C@@H]2c1ccccc1. The summed E-state index contributed by atoms with van der Waals surface area (Å²) in [5, 5.41) is 0. The van der Waals surface area contributed by atoms with Crippen molar-refractivity contribution in [2.24, 2.45) is 17.3 Å². The van der Waals surface area contributed by atoms with Crippen LogP contribution < -0.4 is 0 Å². The van der Waals surface area contributed by atoms with Gasteiger partial charge in [0.1, 0.15) is 0 Å². The molecule has 0 radical (unpaired) electrons. The van der Waals surface area contributed by atoms with Gasteiger partial charge in [-0.3, -0.25) is 9.59 Å². The summed E-state index contributed by atoms with van der Waals surface area (Å²) >= 11 is 0. The summed E-state index contributed by atoms with van der Waals surface area (Å²) in [5.41, 5.74) is 3.69. The number of rotatable bonds is 2. The van der Waals surface area contributed by atoms with Crippen LogP contribution in [0.1, 0.15) is 36.5 Å². The monoisotopic (exact) mass is 444 g/mol. The van der Waals surface area contributed by atoms with E-state index < -0.39 is 34.6 Å². The minimum atomic E-state index is -0.702. The van der Waals surface area contributed by atoms with Gasteiger partial charge in [0, 0.05) is 27.9 Å². The molecule has 3 aromatic carbocycles. The molecule has 3 heteroatoms. The third kappa shape index (κ3) is 2.49. The molecule has 3 aromatic rings. The molecule has 1 saturated carbocycles. The molecular weight excluding hydrogens is 420 g/mol. The number of carbonyl (C=O) groups is 2. The highest BCUT2D eigenvalue weighted by Gasteiger charge is 2.79. The van der Waals surface area contributed by atoms with Crippen molar-refractivity contribution < 1.29 is 14.3 Å². The second-order valence-electron chi connectivity index (χ2n) is 9.67. The lowest BCUT2D eigenvalue weighted by molar-refractivity contribution is -0.155. The first-order valence-corrected chi connectivity index (χ1v) is 11.7. The summed E-state index contributed by atoms with van der Waals surface area (Å²) in [4.78, 5) is 26.5. The lowest BCUT2D eigenvalue weighted by atomic mass is 9.62. The van der Waals surface area contributed by atoms with Gasteiger partial charge in [0.15, 0.2) is 0 Å². The molecule has 3 aliphatic rings.